The quantitative estimate of drug-likeness (QED) is 0.705. The van der Waals surface area contributed by atoms with E-state index in [0.717, 1.165) is 38.1 Å². The number of ether oxygens (including phenoxy) is 1. The first-order valence-corrected chi connectivity index (χ1v) is 11.3. The van der Waals surface area contributed by atoms with Gasteiger partial charge in [0.05, 0.1) is 4.90 Å². The van der Waals surface area contributed by atoms with Crippen LogP contribution in [0.2, 0.25) is 0 Å². The Morgan fingerprint density at radius 1 is 1.07 bits per heavy atom. The van der Waals surface area contributed by atoms with Crippen molar-refractivity contribution in [2.24, 2.45) is 5.92 Å². The fourth-order valence-electron chi connectivity index (χ4n) is 4.03. The van der Waals surface area contributed by atoms with Gasteiger partial charge in [-0.15, -0.1) is 0 Å². The number of hydrogen-bond donors (Lipinski definition) is 1. The maximum atomic E-state index is 13.6. The lowest BCUT2D eigenvalue weighted by Gasteiger charge is -2.44. The molecule has 3 aliphatic heterocycles. The van der Waals surface area contributed by atoms with Crippen LogP contribution in [-0.4, -0.2) is 45.0 Å². The summed E-state index contributed by atoms with van der Waals surface area (Å²) in [5.74, 6) is -2.90. The number of benzene rings is 2. The van der Waals surface area contributed by atoms with Gasteiger partial charge >= 0.3 is 5.97 Å². The van der Waals surface area contributed by atoms with Gasteiger partial charge in [-0.25, -0.2) is 22.0 Å². The SMILES string of the molecule is O=C(O[C@H]1CN2CCC1CC2)C(NS(=O)(=O)c1ccc(F)c(F)c1)c1ccccc1. The number of piperidine rings is 3. The third-order valence-corrected chi connectivity index (χ3v) is 7.13. The lowest BCUT2D eigenvalue weighted by molar-refractivity contribution is -0.161. The van der Waals surface area contributed by atoms with Gasteiger partial charge in [-0.05, 0) is 55.6 Å². The van der Waals surface area contributed by atoms with Crippen molar-refractivity contribution in [3.8, 4) is 0 Å². The minimum absolute atomic E-state index is 0.262. The summed E-state index contributed by atoms with van der Waals surface area (Å²) in [5, 5.41) is 0. The molecular formula is C21H22F2N2O4S. The van der Waals surface area contributed by atoms with Crippen LogP contribution >= 0.6 is 0 Å². The molecule has 2 atom stereocenters. The zero-order valence-electron chi connectivity index (χ0n) is 16.1. The monoisotopic (exact) mass is 436 g/mol. The summed E-state index contributed by atoms with van der Waals surface area (Å²) in [7, 11) is -4.31. The van der Waals surface area contributed by atoms with Gasteiger partial charge in [0.1, 0.15) is 12.1 Å². The summed E-state index contributed by atoms with van der Waals surface area (Å²) in [6, 6.07) is 9.26. The van der Waals surface area contributed by atoms with E-state index < -0.39 is 38.6 Å². The number of halogens is 2. The van der Waals surface area contributed by atoms with E-state index in [-0.39, 0.29) is 12.0 Å². The van der Waals surface area contributed by atoms with E-state index in [2.05, 4.69) is 9.62 Å². The molecule has 2 aromatic carbocycles. The predicted octanol–water partition coefficient (Wildman–Crippen LogP) is 2.62. The molecule has 0 amide bonds. The van der Waals surface area contributed by atoms with Crippen LogP contribution in [0.25, 0.3) is 0 Å². The van der Waals surface area contributed by atoms with E-state index >= 15 is 0 Å². The molecule has 6 nitrogen and oxygen atoms in total. The third-order valence-electron chi connectivity index (χ3n) is 5.71. The standard InChI is InChI=1S/C21H22F2N2O4S/c22-17-7-6-16(12-18(17)23)30(27,28)24-20(15-4-2-1-3-5-15)21(26)29-19-13-25-10-8-14(19)9-11-25/h1-7,12,14,19-20,24H,8-11,13H2/t19-,20?/m0/s1. The highest BCUT2D eigenvalue weighted by Gasteiger charge is 2.38. The number of sulfonamides is 1. The third kappa shape index (κ3) is 4.38. The van der Waals surface area contributed by atoms with Crippen LogP contribution in [0.3, 0.4) is 0 Å². The minimum atomic E-state index is -4.31. The molecule has 3 heterocycles. The molecule has 0 spiro atoms. The van der Waals surface area contributed by atoms with Crippen LogP contribution in [0.15, 0.2) is 53.4 Å². The number of carbonyl (C=O) groups excluding carboxylic acids is 1. The molecule has 1 unspecified atom stereocenters. The summed E-state index contributed by atoms with van der Waals surface area (Å²) in [6.07, 6.45) is 1.59. The van der Waals surface area contributed by atoms with Crippen molar-refractivity contribution < 1.29 is 26.7 Å². The van der Waals surface area contributed by atoms with Crippen molar-refractivity contribution in [1.82, 2.24) is 9.62 Å². The number of hydrogen-bond acceptors (Lipinski definition) is 5. The lowest BCUT2D eigenvalue weighted by atomic mass is 9.86. The van der Waals surface area contributed by atoms with E-state index in [9.17, 15) is 22.0 Å². The molecule has 0 saturated carbocycles. The molecule has 5 rings (SSSR count). The average Bonchev–Trinajstić information content (AvgIpc) is 2.75. The number of esters is 1. The van der Waals surface area contributed by atoms with Crippen molar-refractivity contribution in [3.05, 3.63) is 65.7 Å². The zero-order valence-corrected chi connectivity index (χ0v) is 16.9. The molecule has 1 N–H and O–H groups in total. The van der Waals surface area contributed by atoms with Gasteiger partial charge in [-0.1, -0.05) is 30.3 Å². The van der Waals surface area contributed by atoms with Crippen LogP contribution in [0, 0.1) is 17.6 Å². The summed E-state index contributed by atoms with van der Waals surface area (Å²) < 4.78 is 60.4. The van der Waals surface area contributed by atoms with Crippen LogP contribution in [0.5, 0.6) is 0 Å². The highest BCUT2D eigenvalue weighted by molar-refractivity contribution is 7.89. The number of fused-ring (bicyclic) bond motifs is 3. The Hall–Kier alpha value is -2.36. The Labute approximate surface area is 173 Å². The molecule has 2 aromatic rings. The number of nitrogens with one attached hydrogen (secondary N) is 1. The Morgan fingerprint density at radius 2 is 1.77 bits per heavy atom. The largest absolute Gasteiger partial charge is 0.459 e. The van der Waals surface area contributed by atoms with E-state index in [0.29, 0.717) is 18.2 Å². The van der Waals surface area contributed by atoms with Gasteiger partial charge in [0, 0.05) is 6.54 Å². The van der Waals surface area contributed by atoms with Crippen molar-refractivity contribution in [2.75, 3.05) is 19.6 Å². The van der Waals surface area contributed by atoms with Gasteiger partial charge in [0.25, 0.3) is 0 Å². The first kappa shape index (κ1) is 20.9. The van der Waals surface area contributed by atoms with Gasteiger partial charge in [-0.2, -0.15) is 4.72 Å². The van der Waals surface area contributed by atoms with Crippen LogP contribution in [0.1, 0.15) is 24.4 Å². The topological polar surface area (TPSA) is 75.7 Å². The maximum Gasteiger partial charge on any atom is 0.329 e. The molecule has 0 aromatic heterocycles. The maximum absolute atomic E-state index is 13.6. The zero-order chi connectivity index (χ0) is 21.3. The van der Waals surface area contributed by atoms with E-state index in [4.69, 9.17) is 4.74 Å². The normalized spacial score (nSPS) is 24.4. The fourth-order valence-corrected chi connectivity index (χ4v) is 5.21. The molecule has 2 bridgehead atoms. The first-order chi connectivity index (χ1) is 14.3. The predicted molar refractivity (Wildman–Crippen MR) is 105 cm³/mol. The van der Waals surface area contributed by atoms with E-state index in [1.54, 1.807) is 30.3 Å². The van der Waals surface area contributed by atoms with Gasteiger partial charge in [-0.3, -0.25) is 4.90 Å². The highest BCUT2D eigenvalue weighted by atomic mass is 32.2. The van der Waals surface area contributed by atoms with Crippen molar-refractivity contribution >= 4 is 16.0 Å². The van der Waals surface area contributed by atoms with Crippen LogP contribution < -0.4 is 4.72 Å². The Balaban J connectivity index is 1.58. The highest BCUT2D eigenvalue weighted by Crippen LogP contribution is 2.31. The molecule has 3 fully saturated rings. The Kier molecular flexibility index (Phi) is 5.86. The average molecular weight is 436 g/mol. The number of carbonyl (C=O) groups is 1. The van der Waals surface area contributed by atoms with Crippen molar-refractivity contribution in [2.45, 2.75) is 29.9 Å². The van der Waals surface area contributed by atoms with Crippen molar-refractivity contribution in [3.63, 3.8) is 0 Å². The van der Waals surface area contributed by atoms with Gasteiger partial charge < -0.3 is 4.74 Å². The fraction of sp³-hybridized carbons (Fsp3) is 0.381. The minimum Gasteiger partial charge on any atom is -0.459 e. The molecule has 160 valence electrons. The second-order valence-corrected chi connectivity index (χ2v) is 9.37. The molecular weight excluding hydrogens is 414 g/mol. The van der Waals surface area contributed by atoms with Gasteiger partial charge in [0.15, 0.2) is 11.6 Å². The molecule has 0 radical (unpaired) electrons. The summed E-state index contributed by atoms with van der Waals surface area (Å²) in [5.41, 5.74) is 0.398. The number of rotatable bonds is 6. The molecule has 0 aliphatic carbocycles. The summed E-state index contributed by atoms with van der Waals surface area (Å²) in [4.78, 5) is 14.8. The smallest absolute Gasteiger partial charge is 0.329 e. The molecule has 9 heteroatoms. The van der Waals surface area contributed by atoms with Crippen molar-refractivity contribution in [1.29, 1.82) is 0 Å². The molecule has 3 saturated heterocycles. The summed E-state index contributed by atoms with van der Waals surface area (Å²) >= 11 is 0. The van der Waals surface area contributed by atoms with Crippen LogP contribution in [-0.2, 0) is 19.6 Å². The Bertz CT molecular complexity index is 1020. The van der Waals surface area contributed by atoms with Gasteiger partial charge in [0.2, 0.25) is 10.0 Å². The Morgan fingerprint density at radius 3 is 2.37 bits per heavy atom. The molecule has 30 heavy (non-hydrogen) atoms. The van der Waals surface area contributed by atoms with Crippen LogP contribution in [0.4, 0.5) is 8.78 Å². The first-order valence-electron chi connectivity index (χ1n) is 9.79. The second kappa shape index (κ2) is 8.41. The number of nitrogens with zero attached hydrogens (tertiary/aromatic N) is 1. The lowest BCUT2D eigenvalue weighted by Crippen LogP contribution is -2.52. The molecule has 3 aliphatic rings. The summed E-state index contributed by atoms with van der Waals surface area (Å²) in [6.45, 7) is 2.58. The van der Waals surface area contributed by atoms with E-state index in [1.165, 1.54) is 0 Å². The second-order valence-electron chi connectivity index (χ2n) is 7.65. The van der Waals surface area contributed by atoms with E-state index in [1.807, 2.05) is 0 Å².